The molecule has 0 spiro atoms. The van der Waals surface area contributed by atoms with Crippen LogP contribution in [0.4, 0.5) is 0 Å². The molecule has 150 valence electrons. The fourth-order valence-electron chi connectivity index (χ4n) is 2.32. The zero-order chi connectivity index (χ0) is 20.8. The minimum Gasteiger partial charge on any atom is -0.503 e. The van der Waals surface area contributed by atoms with Gasteiger partial charge in [0, 0.05) is 15.6 Å². The average Bonchev–Trinajstić information content (AvgIpc) is 3.19. The molecule has 3 aromatic rings. The van der Waals surface area contributed by atoms with Crippen molar-refractivity contribution in [3.63, 3.8) is 0 Å². The highest BCUT2D eigenvalue weighted by atomic mass is 79.9. The molecule has 0 radical (unpaired) electrons. The first-order valence-corrected chi connectivity index (χ1v) is 10.1. The summed E-state index contributed by atoms with van der Waals surface area (Å²) in [6.07, 6.45) is 1.43. The van der Waals surface area contributed by atoms with Crippen LogP contribution in [-0.2, 0) is 11.3 Å². The molecule has 2 aromatic carbocycles. The molecule has 9 nitrogen and oxygen atoms in total. The molecule has 3 rings (SSSR count). The van der Waals surface area contributed by atoms with Crippen molar-refractivity contribution >= 4 is 44.0 Å². The van der Waals surface area contributed by atoms with Crippen LogP contribution in [0.3, 0.4) is 0 Å². The second kappa shape index (κ2) is 9.61. The van der Waals surface area contributed by atoms with Crippen molar-refractivity contribution in [2.45, 2.75) is 13.5 Å². The number of ether oxygens (including phenoxy) is 1. The lowest BCUT2D eigenvalue weighted by molar-refractivity contribution is -0.122. The molecule has 0 aliphatic rings. The SMILES string of the molecule is CCOc1cc(C=NNC(=O)Cn2nnc(-c3ccccc3)n2)c(Br)c(Br)c1O. The number of hydrogen-bond donors (Lipinski definition) is 2. The Morgan fingerprint density at radius 3 is 2.79 bits per heavy atom. The number of carbonyl (C=O) groups excluding carboxylic acids is 1. The third-order valence-corrected chi connectivity index (χ3v) is 5.80. The van der Waals surface area contributed by atoms with E-state index in [-0.39, 0.29) is 12.3 Å². The van der Waals surface area contributed by atoms with E-state index in [2.05, 4.69) is 57.8 Å². The van der Waals surface area contributed by atoms with E-state index in [1.165, 1.54) is 11.0 Å². The lowest BCUT2D eigenvalue weighted by Gasteiger charge is -2.10. The molecule has 1 amide bonds. The summed E-state index contributed by atoms with van der Waals surface area (Å²) in [7, 11) is 0. The van der Waals surface area contributed by atoms with Crippen molar-refractivity contribution in [1.82, 2.24) is 25.6 Å². The van der Waals surface area contributed by atoms with Crippen LogP contribution in [0.25, 0.3) is 11.4 Å². The number of tetrazole rings is 1. The first kappa shape index (κ1) is 20.9. The molecular formula is C18H16Br2N6O3. The normalized spacial score (nSPS) is 11.0. The maximum atomic E-state index is 12.1. The van der Waals surface area contributed by atoms with Crippen LogP contribution in [-0.4, -0.2) is 44.0 Å². The lowest BCUT2D eigenvalue weighted by Crippen LogP contribution is -2.24. The summed E-state index contributed by atoms with van der Waals surface area (Å²) < 4.78 is 6.38. The maximum absolute atomic E-state index is 12.1. The number of phenolic OH excluding ortho intramolecular Hbond substituents is 1. The first-order valence-electron chi connectivity index (χ1n) is 8.48. The maximum Gasteiger partial charge on any atom is 0.263 e. The Morgan fingerprint density at radius 2 is 2.07 bits per heavy atom. The van der Waals surface area contributed by atoms with Gasteiger partial charge in [0.2, 0.25) is 5.82 Å². The Balaban J connectivity index is 1.64. The van der Waals surface area contributed by atoms with Gasteiger partial charge in [-0.3, -0.25) is 4.79 Å². The molecule has 0 fully saturated rings. The molecule has 0 aliphatic carbocycles. The lowest BCUT2D eigenvalue weighted by atomic mass is 10.2. The van der Waals surface area contributed by atoms with Crippen LogP contribution < -0.4 is 10.2 Å². The van der Waals surface area contributed by atoms with E-state index in [1.54, 1.807) is 6.07 Å². The largest absolute Gasteiger partial charge is 0.503 e. The molecule has 0 aliphatic heterocycles. The molecule has 0 atom stereocenters. The van der Waals surface area contributed by atoms with Crippen LogP contribution in [0.1, 0.15) is 12.5 Å². The number of hydrogen-bond acceptors (Lipinski definition) is 7. The number of hydrazone groups is 1. The standard InChI is InChI=1S/C18H16Br2N6O3/c1-2-29-13-8-12(15(19)16(20)17(13)28)9-21-22-14(27)10-26-24-18(23-25-26)11-6-4-3-5-7-11/h3-9,28H,2,10H2,1H3,(H,22,27). The molecular weight excluding hydrogens is 508 g/mol. The van der Waals surface area contributed by atoms with E-state index in [0.29, 0.717) is 32.7 Å². The van der Waals surface area contributed by atoms with Crippen molar-refractivity contribution in [1.29, 1.82) is 0 Å². The second-order valence-corrected chi connectivity index (χ2v) is 7.26. The number of nitrogens with zero attached hydrogens (tertiary/aromatic N) is 5. The quantitative estimate of drug-likeness (QED) is 0.363. The number of benzene rings is 2. The van der Waals surface area contributed by atoms with Crippen molar-refractivity contribution < 1.29 is 14.6 Å². The summed E-state index contributed by atoms with van der Waals surface area (Å²) in [5.41, 5.74) is 3.81. The Hall–Kier alpha value is -2.79. The van der Waals surface area contributed by atoms with E-state index >= 15 is 0 Å². The summed E-state index contributed by atoms with van der Waals surface area (Å²) in [6, 6.07) is 10.9. The molecule has 2 N–H and O–H groups in total. The summed E-state index contributed by atoms with van der Waals surface area (Å²) in [4.78, 5) is 13.3. The monoisotopic (exact) mass is 522 g/mol. The van der Waals surface area contributed by atoms with Gasteiger partial charge in [-0.2, -0.15) is 9.90 Å². The van der Waals surface area contributed by atoms with Gasteiger partial charge in [0.15, 0.2) is 11.5 Å². The van der Waals surface area contributed by atoms with Crippen LogP contribution in [0, 0.1) is 0 Å². The Morgan fingerprint density at radius 1 is 1.31 bits per heavy atom. The first-order chi connectivity index (χ1) is 14.0. The average molecular weight is 524 g/mol. The van der Waals surface area contributed by atoms with Crippen molar-refractivity contribution in [2.24, 2.45) is 5.10 Å². The number of aromatic nitrogens is 4. The number of aromatic hydroxyl groups is 1. The van der Waals surface area contributed by atoms with Gasteiger partial charge in [-0.15, -0.1) is 10.2 Å². The molecule has 29 heavy (non-hydrogen) atoms. The highest BCUT2D eigenvalue weighted by Crippen LogP contribution is 2.41. The van der Waals surface area contributed by atoms with Gasteiger partial charge in [-0.05, 0) is 50.1 Å². The molecule has 11 heteroatoms. The molecule has 0 saturated carbocycles. The van der Waals surface area contributed by atoms with Gasteiger partial charge in [0.1, 0.15) is 6.54 Å². The molecule has 0 unspecified atom stereocenters. The number of phenols is 1. The van der Waals surface area contributed by atoms with E-state index < -0.39 is 5.91 Å². The van der Waals surface area contributed by atoms with Crippen molar-refractivity contribution in [2.75, 3.05) is 6.61 Å². The predicted molar refractivity (Wildman–Crippen MR) is 114 cm³/mol. The van der Waals surface area contributed by atoms with Gasteiger partial charge < -0.3 is 9.84 Å². The summed E-state index contributed by atoms with van der Waals surface area (Å²) in [5, 5.41) is 26.0. The predicted octanol–water partition coefficient (Wildman–Crippen LogP) is 3.12. The summed E-state index contributed by atoms with van der Waals surface area (Å²) in [6.45, 7) is 2.07. The van der Waals surface area contributed by atoms with Crippen molar-refractivity contribution in [3.05, 3.63) is 50.9 Å². The van der Waals surface area contributed by atoms with E-state index in [4.69, 9.17) is 4.74 Å². The van der Waals surface area contributed by atoms with Gasteiger partial charge in [0.25, 0.3) is 5.91 Å². The number of halogens is 2. The van der Waals surface area contributed by atoms with Crippen molar-refractivity contribution in [3.8, 4) is 22.9 Å². The topological polar surface area (TPSA) is 115 Å². The van der Waals surface area contributed by atoms with E-state index in [0.717, 1.165) is 5.56 Å². The zero-order valence-electron chi connectivity index (χ0n) is 15.2. The summed E-state index contributed by atoms with van der Waals surface area (Å²) >= 11 is 6.65. The minimum atomic E-state index is -0.419. The minimum absolute atomic E-state index is 0.0219. The summed E-state index contributed by atoms with van der Waals surface area (Å²) in [5.74, 6) is 0.294. The Kier molecular flexibility index (Phi) is 6.94. The number of rotatable bonds is 7. The number of nitrogens with one attached hydrogen (secondary N) is 1. The molecule has 0 bridgehead atoms. The Labute approximate surface area is 183 Å². The van der Waals surface area contributed by atoms with Crippen LogP contribution in [0.15, 0.2) is 50.4 Å². The number of carbonyl (C=O) groups is 1. The molecule has 1 aromatic heterocycles. The van der Waals surface area contributed by atoms with Crippen LogP contribution >= 0.6 is 31.9 Å². The van der Waals surface area contributed by atoms with Crippen LogP contribution in [0.5, 0.6) is 11.5 Å². The van der Waals surface area contributed by atoms with Gasteiger partial charge in [-0.1, -0.05) is 30.3 Å². The number of amides is 1. The third-order valence-electron chi connectivity index (χ3n) is 3.64. The fourth-order valence-corrected chi connectivity index (χ4v) is 3.15. The highest BCUT2D eigenvalue weighted by Gasteiger charge is 2.14. The van der Waals surface area contributed by atoms with E-state index in [9.17, 15) is 9.90 Å². The fraction of sp³-hybridized carbons (Fsp3) is 0.167. The third kappa shape index (κ3) is 5.18. The van der Waals surface area contributed by atoms with E-state index in [1.807, 2.05) is 37.3 Å². The molecule has 1 heterocycles. The highest BCUT2D eigenvalue weighted by molar-refractivity contribution is 9.13. The zero-order valence-corrected chi connectivity index (χ0v) is 18.4. The molecule has 0 saturated heterocycles. The van der Waals surface area contributed by atoms with Gasteiger partial charge >= 0.3 is 0 Å². The smallest absolute Gasteiger partial charge is 0.263 e. The van der Waals surface area contributed by atoms with Gasteiger partial charge in [-0.25, -0.2) is 5.43 Å². The second-order valence-electron chi connectivity index (χ2n) is 5.68. The van der Waals surface area contributed by atoms with Gasteiger partial charge in [0.05, 0.1) is 17.3 Å². The van der Waals surface area contributed by atoms with Crippen LogP contribution in [0.2, 0.25) is 0 Å². The Bertz CT molecular complexity index is 1040.